The van der Waals surface area contributed by atoms with E-state index in [1.807, 2.05) is 17.5 Å². The minimum Gasteiger partial charge on any atom is -0.356 e. The SMILES string of the molecule is CCC1(CNC(=NC)NCCCNC(=O)c2cccs2)CCC1. The smallest absolute Gasteiger partial charge is 0.261 e. The lowest BCUT2D eigenvalue weighted by Crippen LogP contribution is -2.46. The minimum atomic E-state index is 0.0115. The zero-order chi connectivity index (χ0) is 16.5. The van der Waals surface area contributed by atoms with Crippen molar-refractivity contribution >= 4 is 23.2 Å². The number of guanidine groups is 1. The van der Waals surface area contributed by atoms with Gasteiger partial charge in [-0.1, -0.05) is 19.4 Å². The predicted molar refractivity (Wildman–Crippen MR) is 97.2 cm³/mol. The van der Waals surface area contributed by atoms with Gasteiger partial charge in [0.05, 0.1) is 4.88 Å². The monoisotopic (exact) mass is 336 g/mol. The second kappa shape index (κ2) is 8.91. The van der Waals surface area contributed by atoms with Crippen LogP contribution in [-0.2, 0) is 0 Å². The molecule has 1 aliphatic rings. The molecule has 1 aromatic heterocycles. The Hall–Kier alpha value is -1.56. The maximum absolute atomic E-state index is 11.8. The molecule has 0 unspecified atom stereocenters. The molecule has 1 saturated carbocycles. The summed E-state index contributed by atoms with van der Waals surface area (Å²) in [4.78, 5) is 16.8. The van der Waals surface area contributed by atoms with Gasteiger partial charge < -0.3 is 16.0 Å². The molecule has 1 heterocycles. The first-order valence-electron chi connectivity index (χ1n) is 8.45. The van der Waals surface area contributed by atoms with Gasteiger partial charge in [-0.2, -0.15) is 0 Å². The van der Waals surface area contributed by atoms with E-state index in [1.54, 1.807) is 7.05 Å². The average Bonchev–Trinajstić information content (AvgIpc) is 3.06. The van der Waals surface area contributed by atoms with Gasteiger partial charge in [0, 0.05) is 26.7 Å². The van der Waals surface area contributed by atoms with Crippen LogP contribution in [0.15, 0.2) is 22.5 Å². The van der Waals surface area contributed by atoms with Crippen LogP contribution >= 0.6 is 11.3 Å². The van der Waals surface area contributed by atoms with E-state index in [9.17, 15) is 4.79 Å². The van der Waals surface area contributed by atoms with Gasteiger partial charge in [0.25, 0.3) is 5.91 Å². The minimum absolute atomic E-state index is 0.0115. The van der Waals surface area contributed by atoms with E-state index in [0.29, 0.717) is 12.0 Å². The molecule has 2 rings (SSSR count). The van der Waals surface area contributed by atoms with Gasteiger partial charge in [-0.3, -0.25) is 9.79 Å². The maximum atomic E-state index is 11.8. The second-order valence-corrected chi connectivity index (χ2v) is 7.09. The summed E-state index contributed by atoms with van der Waals surface area (Å²) in [5, 5.41) is 11.6. The summed E-state index contributed by atoms with van der Waals surface area (Å²) in [6, 6.07) is 3.73. The van der Waals surface area contributed by atoms with E-state index in [4.69, 9.17) is 0 Å². The van der Waals surface area contributed by atoms with Crippen molar-refractivity contribution in [1.82, 2.24) is 16.0 Å². The number of carbonyl (C=O) groups excluding carboxylic acids is 1. The van der Waals surface area contributed by atoms with Gasteiger partial charge in [0.15, 0.2) is 5.96 Å². The number of amides is 1. The Labute approximate surface area is 143 Å². The molecular formula is C17H28N4OS. The van der Waals surface area contributed by atoms with Crippen LogP contribution in [0.3, 0.4) is 0 Å². The van der Waals surface area contributed by atoms with Crippen molar-refractivity contribution in [3.8, 4) is 0 Å². The Morgan fingerprint density at radius 2 is 2.09 bits per heavy atom. The first kappa shape index (κ1) is 17.8. The van der Waals surface area contributed by atoms with Gasteiger partial charge >= 0.3 is 0 Å². The molecule has 1 aliphatic carbocycles. The Balaban J connectivity index is 1.58. The molecule has 0 spiro atoms. The molecule has 5 nitrogen and oxygen atoms in total. The second-order valence-electron chi connectivity index (χ2n) is 6.15. The number of thiophene rings is 1. The summed E-state index contributed by atoms with van der Waals surface area (Å²) < 4.78 is 0. The van der Waals surface area contributed by atoms with Crippen molar-refractivity contribution in [1.29, 1.82) is 0 Å². The summed E-state index contributed by atoms with van der Waals surface area (Å²) >= 11 is 1.47. The van der Waals surface area contributed by atoms with Gasteiger partial charge in [-0.05, 0) is 42.5 Å². The van der Waals surface area contributed by atoms with E-state index in [2.05, 4.69) is 27.9 Å². The van der Waals surface area contributed by atoms with Crippen LogP contribution < -0.4 is 16.0 Å². The topological polar surface area (TPSA) is 65.5 Å². The van der Waals surface area contributed by atoms with Crippen molar-refractivity contribution in [2.45, 2.75) is 39.0 Å². The normalized spacial score (nSPS) is 16.5. The number of nitrogens with one attached hydrogen (secondary N) is 3. The van der Waals surface area contributed by atoms with Gasteiger partial charge in [-0.25, -0.2) is 0 Å². The third-order valence-electron chi connectivity index (χ3n) is 4.70. The van der Waals surface area contributed by atoms with E-state index >= 15 is 0 Å². The van der Waals surface area contributed by atoms with Gasteiger partial charge in [0.1, 0.15) is 0 Å². The quantitative estimate of drug-likeness (QED) is 0.388. The molecule has 0 aromatic carbocycles. The fraction of sp³-hybridized carbons (Fsp3) is 0.647. The highest BCUT2D eigenvalue weighted by molar-refractivity contribution is 7.12. The predicted octanol–water partition coefficient (Wildman–Crippen LogP) is 2.61. The maximum Gasteiger partial charge on any atom is 0.261 e. The van der Waals surface area contributed by atoms with Crippen molar-refractivity contribution in [3.63, 3.8) is 0 Å². The number of rotatable bonds is 8. The summed E-state index contributed by atoms with van der Waals surface area (Å²) in [5.74, 6) is 0.867. The fourth-order valence-corrected chi connectivity index (χ4v) is 3.46. The molecule has 3 N–H and O–H groups in total. The number of hydrogen-bond donors (Lipinski definition) is 3. The number of nitrogens with zero attached hydrogens (tertiary/aromatic N) is 1. The lowest BCUT2D eigenvalue weighted by molar-refractivity contribution is 0.0957. The first-order valence-corrected chi connectivity index (χ1v) is 9.33. The van der Waals surface area contributed by atoms with E-state index in [1.165, 1.54) is 37.0 Å². The Morgan fingerprint density at radius 3 is 2.65 bits per heavy atom. The van der Waals surface area contributed by atoms with E-state index < -0.39 is 0 Å². The molecule has 0 aliphatic heterocycles. The summed E-state index contributed by atoms with van der Waals surface area (Å²) in [6.07, 6.45) is 6.10. The summed E-state index contributed by atoms with van der Waals surface area (Å²) in [5.41, 5.74) is 0.478. The van der Waals surface area contributed by atoms with Crippen LogP contribution in [0.5, 0.6) is 0 Å². The number of aliphatic imine (C=N–C) groups is 1. The number of carbonyl (C=O) groups is 1. The number of hydrogen-bond acceptors (Lipinski definition) is 3. The van der Waals surface area contributed by atoms with Crippen LogP contribution in [0.1, 0.15) is 48.7 Å². The molecule has 0 radical (unpaired) electrons. The van der Waals surface area contributed by atoms with Crippen LogP contribution in [0, 0.1) is 5.41 Å². The molecule has 0 atom stereocenters. The van der Waals surface area contributed by atoms with Crippen molar-refractivity contribution in [2.75, 3.05) is 26.7 Å². The van der Waals surface area contributed by atoms with E-state index in [-0.39, 0.29) is 5.91 Å². The van der Waals surface area contributed by atoms with Gasteiger partial charge in [0.2, 0.25) is 0 Å². The Kier molecular flexibility index (Phi) is 6.89. The molecule has 1 aromatic rings. The van der Waals surface area contributed by atoms with Crippen LogP contribution in [0.25, 0.3) is 0 Å². The highest BCUT2D eigenvalue weighted by Gasteiger charge is 2.34. The highest BCUT2D eigenvalue weighted by atomic mass is 32.1. The van der Waals surface area contributed by atoms with Crippen molar-refractivity contribution in [2.24, 2.45) is 10.4 Å². The summed E-state index contributed by atoms with van der Waals surface area (Å²) in [7, 11) is 1.80. The Bertz CT molecular complexity index is 503. The lowest BCUT2D eigenvalue weighted by atomic mass is 9.67. The van der Waals surface area contributed by atoms with Crippen molar-refractivity contribution in [3.05, 3.63) is 22.4 Å². The molecule has 1 amide bonds. The average molecular weight is 337 g/mol. The van der Waals surface area contributed by atoms with E-state index in [0.717, 1.165) is 30.3 Å². The zero-order valence-electron chi connectivity index (χ0n) is 14.2. The molecule has 128 valence electrons. The van der Waals surface area contributed by atoms with Crippen LogP contribution in [-0.4, -0.2) is 38.5 Å². The highest BCUT2D eigenvalue weighted by Crippen LogP contribution is 2.42. The molecule has 0 bridgehead atoms. The standard InChI is InChI=1S/C17H28N4OS/c1-3-17(8-5-9-17)13-21-16(18-2)20-11-6-10-19-15(22)14-7-4-12-23-14/h4,7,12H,3,5-6,8-11,13H2,1-2H3,(H,19,22)(H2,18,20,21). The molecule has 6 heteroatoms. The van der Waals surface area contributed by atoms with Crippen molar-refractivity contribution < 1.29 is 4.79 Å². The largest absolute Gasteiger partial charge is 0.356 e. The lowest BCUT2D eigenvalue weighted by Gasteiger charge is -2.41. The van der Waals surface area contributed by atoms with Crippen LogP contribution in [0.4, 0.5) is 0 Å². The van der Waals surface area contributed by atoms with Gasteiger partial charge in [-0.15, -0.1) is 11.3 Å². The third-order valence-corrected chi connectivity index (χ3v) is 5.56. The molecular weight excluding hydrogens is 308 g/mol. The third kappa shape index (κ3) is 5.23. The molecule has 0 saturated heterocycles. The Morgan fingerprint density at radius 1 is 1.30 bits per heavy atom. The fourth-order valence-electron chi connectivity index (χ4n) is 2.82. The summed E-state index contributed by atoms with van der Waals surface area (Å²) in [6.45, 7) is 4.73. The first-order chi connectivity index (χ1) is 11.2. The molecule has 23 heavy (non-hydrogen) atoms. The zero-order valence-corrected chi connectivity index (χ0v) is 15.0. The molecule has 1 fully saturated rings. The van der Waals surface area contributed by atoms with Crippen LogP contribution in [0.2, 0.25) is 0 Å².